The Labute approximate surface area is 60.2 Å². The van der Waals surface area contributed by atoms with Crippen molar-refractivity contribution in [3.05, 3.63) is 0 Å². The van der Waals surface area contributed by atoms with E-state index in [1.54, 1.807) is 0 Å². The van der Waals surface area contributed by atoms with E-state index in [4.69, 9.17) is 5.11 Å². The van der Waals surface area contributed by atoms with Crippen LogP contribution in [-0.2, 0) is 4.74 Å². The fourth-order valence-corrected chi connectivity index (χ4v) is 0.502. The van der Waals surface area contributed by atoms with Crippen LogP contribution in [0.15, 0.2) is 0 Å². The van der Waals surface area contributed by atoms with E-state index < -0.39 is 6.09 Å². The number of nitrogens with one attached hydrogen (secondary N) is 1. The molecule has 0 fully saturated rings. The molecule has 0 aromatic carbocycles. The Balaban J connectivity index is 3.52. The molecule has 0 spiro atoms. The SMILES string of the molecule is CCC(CO)NC(=O)OC. The summed E-state index contributed by atoms with van der Waals surface area (Å²) < 4.78 is 4.32. The number of rotatable bonds is 3. The lowest BCUT2D eigenvalue weighted by Crippen LogP contribution is -2.36. The van der Waals surface area contributed by atoms with Gasteiger partial charge in [-0.05, 0) is 6.42 Å². The van der Waals surface area contributed by atoms with E-state index in [0.717, 1.165) is 0 Å². The van der Waals surface area contributed by atoms with Crippen molar-refractivity contribution in [2.75, 3.05) is 13.7 Å². The minimum Gasteiger partial charge on any atom is -0.453 e. The summed E-state index contributed by atoms with van der Waals surface area (Å²) in [5, 5.41) is 11.1. The maximum Gasteiger partial charge on any atom is 0.407 e. The average Bonchev–Trinajstić information content (AvgIpc) is 1.99. The molecular formula is C6H13NO3. The molecule has 1 amide bonds. The number of alkyl carbamates (subject to hydrolysis) is 1. The number of carbonyl (C=O) groups excluding carboxylic acids is 1. The van der Waals surface area contributed by atoms with Crippen molar-refractivity contribution in [3.63, 3.8) is 0 Å². The summed E-state index contributed by atoms with van der Waals surface area (Å²) in [5.74, 6) is 0. The van der Waals surface area contributed by atoms with Crippen molar-refractivity contribution in [2.45, 2.75) is 19.4 Å². The van der Waals surface area contributed by atoms with E-state index in [0.29, 0.717) is 6.42 Å². The maximum atomic E-state index is 10.5. The molecule has 2 N–H and O–H groups in total. The third-order valence-corrected chi connectivity index (χ3v) is 1.22. The van der Waals surface area contributed by atoms with Crippen LogP contribution in [0.25, 0.3) is 0 Å². The summed E-state index contributed by atoms with van der Waals surface area (Å²) >= 11 is 0. The zero-order valence-electron chi connectivity index (χ0n) is 6.26. The molecule has 0 saturated heterocycles. The Hall–Kier alpha value is -0.770. The van der Waals surface area contributed by atoms with Gasteiger partial charge in [0.2, 0.25) is 0 Å². The molecule has 0 aliphatic rings. The van der Waals surface area contributed by atoms with Gasteiger partial charge in [0.25, 0.3) is 0 Å². The molecule has 0 heterocycles. The predicted molar refractivity (Wildman–Crippen MR) is 36.7 cm³/mol. The van der Waals surface area contributed by atoms with Crippen LogP contribution in [0.4, 0.5) is 4.79 Å². The molecule has 4 nitrogen and oxygen atoms in total. The van der Waals surface area contributed by atoms with Crippen molar-refractivity contribution < 1.29 is 14.6 Å². The smallest absolute Gasteiger partial charge is 0.407 e. The van der Waals surface area contributed by atoms with Crippen LogP contribution in [0.2, 0.25) is 0 Å². The number of carbonyl (C=O) groups is 1. The zero-order chi connectivity index (χ0) is 7.98. The summed E-state index contributed by atoms with van der Waals surface area (Å²) in [4.78, 5) is 10.5. The van der Waals surface area contributed by atoms with Crippen molar-refractivity contribution in [2.24, 2.45) is 0 Å². The highest BCUT2D eigenvalue weighted by atomic mass is 16.5. The van der Waals surface area contributed by atoms with Crippen molar-refractivity contribution in [1.82, 2.24) is 5.32 Å². The minimum absolute atomic E-state index is 0.0500. The Morgan fingerprint density at radius 2 is 2.40 bits per heavy atom. The fourth-order valence-electron chi connectivity index (χ4n) is 0.502. The Morgan fingerprint density at radius 3 is 2.70 bits per heavy atom. The molecule has 0 aliphatic carbocycles. The Kier molecular flexibility index (Phi) is 4.66. The van der Waals surface area contributed by atoms with Gasteiger partial charge in [0.1, 0.15) is 0 Å². The summed E-state index contributed by atoms with van der Waals surface area (Å²) in [7, 11) is 1.29. The number of amides is 1. The van der Waals surface area contributed by atoms with E-state index in [2.05, 4.69) is 10.1 Å². The molecule has 1 unspecified atom stereocenters. The van der Waals surface area contributed by atoms with Gasteiger partial charge in [0.05, 0.1) is 19.8 Å². The average molecular weight is 147 g/mol. The van der Waals surface area contributed by atoms with E-state index in [-0.39, 0.29) is 12.6 Å². The minimum atomic E-state index is -0.499. The molecule has 0 rings (SSSR count). The zero-order valence-corrected chi connectivity index (χ0v) is 6.26. The third kappa shape index (κ3) is 3.29. The number of hydrogen-bond acceptors (Lipinski definition) is 3. The first-order valence-electron chi connectivity index (χ1n) is 3.20. The number of hydrogen-bond donors (Lipinski definition) is 2. The molecule has 1 atom stereocenters. The fraction of sp³-hybridized carbons (Fsp3) is 0.833. The summed E-state index contributed by atoms with van der Waals surface area (Å²) in [6.45, 7) is 1.82. The largest absolute Gasteiger partial charge is 0.453 e. The highest BCUT2D eigenvalue weighted by Crippen LogP contribution is 1.88. The van der Waals surface area contributed by atoms with E-state index in [9.17, 15) is 4.79 Å². The van der Waals surface area contributed by atoms with Gasteiger partial charge in [-0.15, -0.1) is 0 Å². The molecular weight excluding hydrogens is 134 g/mol. The second kappa shape index (κ2) is 5.05. The molecule has 4 heteroatoms. The molecule has 0 radical (unpaired) electrons. The Bertz CT molecular complexity index is 101. The number of methoxy groups -OCH3 is 1. The summed E-state index contributed by atoms with van der Waals surface area (Å²) in [6, 6.07) is -0.188. The van der Waals surface area contributed by atoms with Crippen LogP contribution in [0.1, 0.15) is 13.3 Å². The first kappa shape index (κ1) is 9.23. The monoisotopic (exact) mass is 147 g/mol. The van der Waals surface area contributed by atoms with Crippen LogP contribution in [0.3, 0.4) is 0 Å². The first-order valence-corrected chi connectivity index (χ1v) is 3.20. The van der Waals surface area contributed by atoms with Gasteiger partial charge >= 0.3 is 6.09 Å². The quantitative estimate of drug-likeness (QED) is 0.595. The summed E-state index contributed by atoms with van der Waals surface area (Å²) in [5.41, 5.74) is 0. The lowest BCUT2D eigenvalue weighted by Gasteiger charge is -2.11. The van der Waals surface area contributed by atoms with Crippen LogP contribution in [-0.4, -0.2) is 31.0 Å². The first-order chi connectivity index (χ1) is 4.74. The summed E-state index contributed by atoms with van der Waals surface area (Å²) in [6.07, 6.45) is 0.201. The van der Waals surface area contributed by atoms with Crippen molar-refractivity contribution in [3.8, 4) is 0 Å². The topological polar surface area (TPSA) is 58.6 Å². The number of aliphatic hydroxyl groups excluding tert-OH is 1. The van der Waals surface area contributed by atoms with Crippen LogP contribution < -0.4 is 5.32 Å². The Morgan fingerprint density at radius 1 is 1.80 bits per heavy atom. The van der Waals surface area contributed by atoms with Crippen LogP contribution in [0, 0.1) is 0 Å². The van der Waals surface area contributed by atoms with E-state index in [1.165, 1.54) is 7.11 Å². The third-order valence-electron chi connectivity index (χ3n) is 1.22. The molecule has 0 aromatic heterocycles. The van der Waals surface area contributed by atoms with Gasteiger partial charge in [0, 0.05) is 0 Å². The van der Waals surface area contributed by atoms with Gasteiger partial charge in [-0.3, -0.25) is 0 Å². The van der Waals surface area contributed by atoms with Gasteiger partial charge in [-0.25, -0.2) is 4.79 Å². The van der Waals surface area contributed by atoms with Crippen LogP contribution >= 0.6 is 0 Å². The normalized spacial score (nSPS) is 12.3. The van der Waals surface area contributed by atoms with Gasteiger partial charge in [0.15, 0.2) is 0 Å². The molecule has 0 saturated carbocycles. The van der Waals surface area contributed by atoms with E-state index >= 15 is 0 Å². The van der Waals surface area contributed by atoms with Gasteiger partial charge < -0.3 is 15.2 Å². The van der Waals surface area contributed by atoms with Crippen molar-refractivity contribution >= 4 is 6.09 Å². The van der Waals surface area contributed by atoms with Crippen molar-refractivity contribution in [1.29, 1.82) is 0 Å². The molecule has 10 heavy (non-hydrogen) atoms. The highest BCUT2D eigenvalue weighted by molar-refractivity contribution is 5.67. The molecule has 0 aromatic rings. The molecule has 0 aliphatic heterocycles. The standard InChI is InChI=1S/C6H13NO3/c1-3-5(4-8)7-6(9)10-2/h5,8H,3-4H2,1-2H3,(H,7,9). The number of ether oxygens (including phenoxy) is 1. The highest BCUT2D eigenvalue weighted by Gasteiger charge is 2.07. The molecule has 0 bridgehead atoms. The number of aliphatic hydroxyl groups is 1. The van der Waals surface area contributed by atoms with Gasteiger partial charge in [-0.1, -0.05) is 6.92 Å². The predicted octanol–water partition coefficient (Wildman–Crippen LogP) is 0.113. The van der Waals surface area contributed by atoms with E-state index in [1.807, 2.05) is 6.92 Å². The lowest BCUT2D eigenvalue weighted by molar-refractivity contribution is 0.156. The second-order valence-electron chi connectivity index (χ2n) is 1.92. The maximum absolute atomic E-state index is 10.5. The molecule has 60 valence electrons. The van der Waals surface area contributed by atoms with Crippen LogP contribution in [0.5, 0.6) is 0 Å². The van der Waals surface area contributed by atoms with Gasteiger partial charge in [-0.2, -0.15) is 0 Å². The lowest BCUT2D eigenvalue weighted by atomic mass is 10.2. The second-order valence-corrected chi connectivity index (χ2v) is 1.92.